The quantitative estimate of drug-likeness (QED) is 0.897. The van der Waals surface area contributed by atoms with Gasteiger partial charge in [0.05, 0.1) is 17.1 Å². The van der Waals surface area contributed by atoms with Gasteiger partial charge in [0.15, 0.2) is 0 Å². The van der Waals surface area contributed by atoms with Crippen molar-refractivity contribution in [2.24, 2.45) is 0 Å². The summed E-state index contributed by atoms with van der Waals surface area (Å²) >= 11 is 0. The lowest BCUT2D eigenvalue weighted by molar-refractivity contribution is -0.0441. The Morgan fingerprint density at radius 2 is 1.86 bits per heavy atom. The number of ether oxygens (including phenoxy) is 1. The van der Waals surface area contributed by atoms with Gasteiger partial charge in [-0.15, -0.1) is 0 Å². The van der Waals surface area contributed by atoms with E-state index in [0.29, 0.717) is 24.5 Å². The van der Waals surface area contributed by atoms with Crippen molar-refractivity contribution in [3.05, 3.63) is 29.8 Å². The van der Waals surface area contributed by atoms with Crippen LogP contribution in [0.4, 0.5) is 0 Å². The molecule has 1 heterocycles. The number of sulfonamides is 1. The molecule has 1 aromatic carbocycles. The summed E-state index contributed by atoms with van der Waals surface area (Å²) in [5.74, 6) is 0. The molecule has 0 aliphatic carbocycles. The van der Waals surface area contributed by atoms with Crippen molar-refractivity contribution in [1.29, 1.82) is 0 Å². The molecular formula is C15H24N2O3S. The third kappa shape index (κ3) is 3.83. The van der Waals surface area contributed by atoms with Crippen LogP contribution in [-0.2, 0) is 21.3 Å². The van der Waals surface area contributed by atoms with Crippen molar-refractivity contribution in [2.45, 2.75) is 44.4 Å². The summed E-state index contributed by atoms with van der Waals surface area (Å²) in [6.07, 6.45) is -0.158. The Balaban J connectivity index is 2.31. The Morgan fingerprint density at radius 3 is 2.48 bits per heavy atom. The monoisotopic (exact) mass is 312 g/mol. The van der Waals surface area contributed by atoms with Gasteiger partial charge < -0.3 is 10.1 Å². The Kier molecular flexibility index (Phi) is 5.37. The van der Waals surface area contributed by atoms with Crippen LogP contribution < -0.4 is 5.32 Å². The van der Waals surface area contributed by atoms with Crippen molar-refractivity contribution >= 4 is 10.0 Å². The molecule has 2 atom stereocenters. The van der Waals surface area contributed by atoms with Gasteiger partial charge in [-0.1, -0.05) is 25.1 Å². The molecule has 0 bridgehead atoms. The summed E-state index contributed by atoms with van der Waals surface area (Å²) in [5.41, 5.74) is 0.811. The normalized spacial score (nSPS) is 24.1. The topological polar surface area (TPSA) is 58.6 Å². The van der Waals surface area contributed by atoms with Crippen LogP contribution in [0, 0.1) is 0 Å². The molecule has 1 N–H and O–H groups in total. The lowest BCUT2D eigenvalue weighted by atomic mass is 10.2. The fourth-order valence-electron chi connectivity index (χ4n) is 2.63. The van der Waals surface area contributed by atoms with E-state index >= 15 is 0 Å². The van der Waals surface area contributed by atoms with Gasteiger partial charge in [0, 0.05) is 19.6 Å². The molecule has 6 heteroatoms. The fourth-order valence-corrected chi connectivity index (χ4v) is 4.44. The Bertz CT molecular complexity index is 564. The predicted molar refractivity (Wildman–Crippen MR) is 82.6 cm³/mol. The van der Waals surface area contributed by atoms with E-state index in [0.717, 1.165) is 12.1 Å². The molecule has 1 aromatic rings. The smallest absolute Gasteiger partial charge is 0.243 e. The molecule has 2 unspecified atom stereocenters. The van der Waals surface area contributed by atoms with Crippen LogP contribution in [0.2, 0.25) is 0 Å². The molecule has 1 saturated heterocycles. The van der Waals surface area contributed by atoms with Crippen molar-refractivity contribution in [2.75, 3.05) is 19.6 Å². The van der Waals surface area contributed by atoms with Crippen LogP contribution in [0.15, 0.2) is 29.2 Å². The van der Waals surface area contributed by atoms with Crippen LogP contribution in [0.5, 0.6) is 0 Å². The van der Waals surface area contributed by atoms with Gasteiger partial charge in [-0.2, -0.15) is 4.31 Å². The highest BCUT2D eigenvalue weighted by Crippen LogP contribution is 2.23. The lowest BCUT2D eigenvalue weighted by Crippen LogP contribution is -2.48. The summed E-state index contributed by atoms with van der Waals surface area (Å²) in [4.78, 5) is 0.396. The van der Waals surface area contributed by atoms with Crippen LogP contribution >= 0.6 is 0 Å². The first-order chi connectivity index (χ1) is 9.95. The number of hydrogen-bond acceptors (Lipinski definition) is 4. The van der Waals surface area contributed by atoms with Crippen LogP contribution in [0.3, 0.4) is 0 Å². The Labute approximate surface area is 127 Å². The maximum absolute atomic E-state index is 12.9. The van der Waals surface area contributed by atoms with Crippen molar-refractivity contribution in [1.82, 2.24) is 9.62 Å². The minimum absolute atomic E-state index is 0.0792. The van der Waals surface area contributed by atoms with E-state index in [1.165, 1.54) is 4.31 Å². The van der Waals surface area contributed by atoms with E-state index in [4.69, 9.17) is 4.74 Å². The highest BCUT2D eigenvalue weighted by molar-refractivity contribution is 7.89. The van der Waals surface area contributed by atoms with Gasteiger partial charge >= 0.3 is 0 Å². The molecule has 0 amide bonds. The van der Waals surface area contributed by atoms with E-state index in [-0.39, 0.29) is 12.2 Å². The SMILES string of the molecule is CCNCc1ccccc1S(=O)(=O)N1CC(C)OC(C)C1. The molecule has 2 rings (SSSR count). The molecule has 0 aromatic heterocycles. The molecular weight excluding hydrogens is 288 g/mol. The maximum atomic E-state index is 12.9. The standard InChI is InChI=1S/C15H24N2O3S/c1-4-16-9-14-7-5-6-8-15(14)21(18,19)17-10-12(2)20-13(3)11-17/h5-8,12-13,16H,4,9-11H2,1-3H3. The summed E-state index contributed by atoms with van der Waals surface area (Å²) in [6.45, 7) is 7.99. The summed E-state index contributed by atoms with van der Waals surface area (Å²) in [5, 5.41) is 3.19. The van der Waals surface area contributed by atoms with E-state index < -0.39 is 10.0 Å². The van der Waals surface area contributed by atoms with Gasteiger partial charge in [0.2, 0.25) is 10.0 Å². The van der Waals surface area contributed by atoms with Crippen molar-refractivity contribution in [3.63, 3.8) is 0 Å². The molecule has 21 heavy (non-hydrogen) atoms. The highest BCUT2D eigenvalue weighted by atomic mass is 32.2. The predicted octanol–water partition coefficient (Wildman–Crippen LogP) is 1.59. The zero-order valence-corrected chi connectivity index (χ0v) is 13.7. The first-order valence-electron chi connectivity index (χ1n) is 7.39. The highest BCUT2D eigenvalue weighted by Gasteiger charge is 2.33. The minimum atomic E-state index is -3.48. The van der Waals surface area contributed by atoms with Crippen LogP contribution in [0.25, 0.3) is 0 Å². The van der Waals surface area contributed by atoms with E-state index in [2.05, 4.69) is 5.32 Å². The van der Waals surface area contributed by atoms with Crippen LogP contribution in [-0.4, -0.2) is 44.6 Å². The zero-order valence-electron chi connectivity index (χ0n) is 12.9. The molecule has 5 nitrogen and oxygen atoms in total. The van der Waals surface area contributed by atoms with Crippen LogP contribution in [0.1, 0.15) is 26.3 Å². The maximum Gasteiger partial charge on any atom is 0.243 e. The largest absolute Gasteiger partial charge is 0.373 e. The Morgan fingerprint density at radius 1 is 1.24 bits per heavy atom. The molecule has 0 saturated carbocycles. The molecule has 1 fully saturated rings. The van der Waals surface area contributed by atoms with Gasteiger partial charge in [0.25, 0.3) is 0 Å². The van der Waals surface area contributed by atoms with Gasteiger partial charge in [-0.25, -0.2) is 8.42 Å². The third-order valence-electron chi connectivity index (χ3n) is 3.54. The molecule has 0 radical (unpaired) electrons. The summed E-state index contributed by atoms with van der Waals surface area (Å²) in [6, 6.07) is 7.20. The first kappa shape index (κ1) is 16.4. The summed E-state index contributed by atoms with van der Waals surface area (Å²) in [7, 11) is -3.48. The van der Waals surface area contributed by atoms with E-state index in [1.807, 2.05) is 32.9 Å². The second kappa shape index (κ2) is 6.87. The molecule has 118 valence electrons. The average molecular weight is 312 g/mol. The van der Waals surface area contributed by atoms with E-state index in [9.17, 15) is 8.42 Å². The fraction of sp³-hybridized carbons (Fsp3) is 0.600. The number of morpholine rings is 1. The number of nitrogens with one attached hydrogen (secondary N) is 1. The zero-order chi connectivity index (χ0) is 15.5. The second-order valence-electron chi connectivity index (χ2n) is 5.47. The lowest BCUT2D eigenvalue weighted by Gasteiger charge is -2.34. The molecule has 1 aliphatic heterocycles. The molecule has 1 aliphatic rings. The van der Waals surface area contributed by atoms with Gasteiger partial charge in [-0.05, 0) is 32.0 Å². The summed E-state index contributed by atoms with van der Waals surface area (Å²) < 4.78 is 33.0. The molecule has 0 spiro atoms. The second-order valence-corrected chi connectivity index (χ2v) is 7.37. The van der Waals surface area contributed by atoms with Crippen molar-refractivity contribution < 1.29 is 13.2 Å². The van der Waals surface area contributed by atoms with Gasteiger partial charge in [-0.3, -0.25) is 0 Å². The number of hydrogen-bond donors (Lipinski definition) is 1. The first-order valence-corrected chi connectivity index (χ1v) is 8.83. The number of rotatable bonds is 5. The number of nitrogens with zero attached hydrogens (tertiary/aromatic N) is 1. The van der Waals surface area contributed by atoms with Crippen molar-refractivity contribution in [3.8, 4) is 0 Å². The third-order valence-corrected chi connectivity index (χ3v) is 5.47. The average Bonchev–Trinajstić information content (AvgIpc) is 2.44. The van der Waals surface area contributed by atoms with E-state index in [1.54, 1.807) is 12.1 Å². The Hall–Kier alpha value is -0.950. The number of benzene rings is 1. The van der Waals surface area contributed by atoms with Gasteiger partial charge in [0.1, 0.15) is 0 Å². The minimum Gasteiger partial charge on any atom is -0.373 e.